The third kappa shape index (κ3) is 3.31. The van der Waals surface area contributed by atoms with Gasteiger partial charge in [0.05, 0.1) is 17.8 Å². The van der Waals surface area contributed by atoms with Crippen molar-refractivity contribution in [3.63, 3.8) is 0 Å². The Balaban J connectivity index is 1.83. The molecule has 26 heavy (non-hydrogen) atoms. The fourth-order valence-corrected chi connectivity index (χ4v) is 2.53. The Bertz CT molecular complexity index is 853. The highest BCUT2D eigenvalue weighted by molar-refractivity contribution is 6.30. The van der Waals surface area contributed by atoms with Crippen LogP contribution in [-0.2, 0) is 6.54 Å². The van der Waals surface area contributed by atoms with Crippen LogP contribution in [0.2, 0.25) is 5.02 Å². The van der Waals surface area contributed by atoms with Gasteiger partial charge in [-0.1, -0.05) is 11.6 Å². The first kappa shape index (κ1) is 18.4. The number of amides is 1. The molecule has 0 saturated carbocycles. The van der Waals surface area contributed by atoms with Gasteiger partial charge in [0.1, 0.15) is 11.5 Å². The van der Waals surface area contributed by atoms with Gasteiger partial charge in [-0.25, -0.2) is 17.6 Å². The number of aromatic nitrogens is 2. The second kappa shape index (κ2) is 6.72. The summed E-state index contributed by atoms with van der Waals surface area (Å²) in [4.78, 5) is 12.3. The average molecular weight is 395 g/mol. The van der Waals surface area contributed by atoms with Crippen LogP contribution in [0.3, 0.4) is 0 Å². The molecule has 0 spiro atoms. The molecule has 1 atom stereocenters. The first-order valence-corrected chi connectivity index (χ1v) is 7.56. The molecule has 7 nitrogen and oxygen atoms in total. The molecule has 2 aromatic heterocycles. The van der Waals surface area contributed by atoms with E-state index in [9.17, 15) is 27.5 Å². The molecule has 1 amide bonds. The second-order valence-electron chi connectivity index (χ2n) is 5.49. The minimum Gasteiger partial charge on any atom is -0.454 e. The summed E-state index contributed by atoms with van der Waals surface area (Å²) in [6.07, 6.45) is -4.99. The SMILES string of the molecule is O=C(c1ccc(Cn2cc(Cl)cn2)o1)N1N=C(C(F)F)C[C@]1(O)C(F)F. The van der Waals surface area contributed by atoms with Gasteiger partial charge < -0.3 is 9.52 Å². The summed E-state index contributed by atoms with van der Waals surface area (Å²) in [5.74, 6) is -1.49. The zero-order chi connectivity index (χ0) is 19.1. The molecule has 0 saturated heterocycles. The lowest BCUT2D eigenvalue weighted by atomic mass is 10.1. The van der Waals surface area contributed by atoms with Crippen molar-refractivity contribution >= 4 is 23.2 Å². The lowest BCUT2D eigenvalue weighted by Gasteiger charge is -2.29. The number of carbonyl (C=O) groups excluding carboxylic acids is 1. The van der Waals surface area contributed by atoms with Crippen LogP contribution in [0.15, 0.2) is 34.0 Å². The minimum atomic E-state index is -3.51. The normalized spacial score (nSPS) is 20.3. The molecule has 0 aromatic carbocycles. The lowest BCUT2D eigenvalue weighted by molar-refractivity contribution is -0.164. The van der Waals surface area contributed by atoms with Crippen molar-refractivity contribution in [2.45, 2.75) is 31.5 Å². The van der Waals surface area contributed by atoms with Crippen molar-refractivity contribution in [1.29, 1.82) is 0 Å². The van der Waals surface area contributed by atoms with Crippen molar-refractivity contribution in [2.24, 2.45) is 5.10 Å². The van der Waals surface area contributed by atoms with E-state index in [1.165, 1.54) is 23.1 Å². The third-order valence-corrected chi connectivity index (χ3v) is 3.82. The van der Waals surface area contributed by atoms with Crippen molar-refractivity contribution < 1.29 is 31.9 Å². The summed E-state index contributed by atoms with van der Waals surface area (Å²) >= 11 is 5.72. The van der Waals surface area contributed by atoms with Gasteiger partial charge >= 0.3 is 5.91 Å². The molecule has 0 aliphatic carbocycles. The number of rotatable bonds is 5. The Morgan fingerprint density at radius 1 is 1.38 bits per heavy atom. The number of aliphatic hydroxyl groups is 1. The van der Waals surface area contributed by atoms with Gasteiger partial charge in [-0.3, -0.25) is 9.48 Å². The molecule has 2 aromatic rings. The van der Waals surface area contributed by atoms with Crippen LogP contribution in [-0.4, -0.2) is 50.1 Å². The molecule has 0 unspecified atom stereocenters. The van der Waals surface area contributed by atoms with E-state index in [0.29, 0.717) is 5.02 Å². The van der Waals surface area contributed by atoms with Crippen molar-refractivity contribution in [2.75, 3.05) is 0 Å². The van der Waals surface area contributed by atoms with E-state index < -0.39 is 42.4 Å². The van der Waals surface area contributed by atoms with Crippen LogP contribution < -0.4 is 0 Å². The maximum atomic E-state index is 13.2. The molecule has 1 N–H and O–H groups in total. The van der Waals surface area contributed by atoms with E-state index in [0.717, 1.165) is 6.07 Å². The van der Waals surface area contributed by atoms with Crippen molar-refractivity contribution in [1.82, 2.24) is 14.8 Å². The number of hydrazone groups is 1. The van der Waals surface area contributed by atoms with Crippen molar-refractivity contribution in [3.05, 3.63) is 41.1 Å². The standard InChI is InChI=1S/C14H11ClF4N4O3/c15-7-4-20-22(5-7)6-8-1-2-10(26-8)12(24)23-14(25,13(18)19)3-9(21-23)11(16)17/h1-2,4-5,11,13,25H,3,6H2/t14-/m0/s1. The molecule has 140 valence electrons. The Hall–Kier alpha value is -2.40. The first-order valence-electron chi connectivity index (χ1n) is 7.18. The van der Waals surface area contributed by atoms with Gasteiger partial charge in [-0.2, -0.15) is 15.2 Å². The maximum Gasteiger partial charge on any atom is 0.312 e. The molecule has 12 heteroatoms. The molecule has 0 bridgehead atoms. The van der Waals surface area contributed by atoms with Crippen LogP contribution in [0, 0.1) is 0 Å². The monoisotopic (exact) mass is 394 g/mol. The van der Waals surface area contributed by atoms with Crippen LogP contribution >= 0.6 is 11.6 Å². The Morgan fingerprint density at radius 2 is 2.12 bits per heavy atom. The Kier molecular flexibility index (Phi) is 4.76. The largest absolute Gasteiger partial charge is 0.454 e. The summed E-state index contributed by atoms with van der Waals surface area (Å²) in [6, 6.07) is 2.53. The summed E-state index contributed by atoms with van der Waals surface area (Å²) in [5.41, 5.74) is -4.18. The highest BCUT2D eigenvalue weighted by Crippen LogP contribution is 2.34. The molecule has 1 aliphatic heterocycles. The second-order valence-corrected chi connectivity index (χ2v) is 5.92. The number of carbonyl (C=O) groups is 1. The van der Waals surface area contributed by atoms with E-state index in [-0.39, 0.29) is 17.3 Å². The van der Waals surface area contributed by atoms with Gasteiger partial charge in [0.25, 0.3) is 12.9 Å². The topological polar surface area (TPSA) is 83.9 Å². The smallest absolute Gasteiger partial charge is 0.312 e. The van der Waals surface area contributed by atoms with Gasteiger partial charge in [0, 0.05) is 12.6 Å². The highest BCUT2D eigenvalue weighted by Gasteiger charge is 2.53. The van der Waals surface area contributed by atoms with E-state index in [2.05, 4.69) is 10.2 Å². The summed E-state index contributed by atoms with van der Waals surface area (Å²) < 4.78 is 58.5. The summed E-state index contributed by atoms with van der Waals surface area (Å²) in [7, 11) is 0. The van der Waals surface area contributed by atoms with Gasteiger partial charge in [-0.15, -0.1) is 0 Å². The molecule has 3 heterocycles. The number of hydrogen-bond acceptors (Lipinski definition) is 5. The maximum absolute atomic E-state index is 13.2. The number of hydrogen-bond donors (Lipinski definition) is 1. The van der Waals surface area contributed by atoms with Crippen LogP contribution in [0.4, 0.5) is 17.6 Å². The van der Waals surface area contributed by atoms with E-state index in [1.807, 2.05) is 0 Å². The molecule has 0 fully saturated rings. The van der Waals surface area contributed by atoms with Crippen LogP contribution in [0.5, 0.6) is 0 Å². The minimum absolute atomic E-state index is 0.0629. The number of nitrogens with zero attached hydrogens (tertiary/aromatic N) is 4. The van der Waals surface area contributed by atoms with E-state index in [4.69, 9.17) is 16.0 Å². The highest BCUT2D eigenvalue weighted by atomic mass is 35.5. The van der Waals surface area contributed by atoms with Gasteiger partial charge in [0.2, 0.25) is 5.72 Å². The van der Waals surface area contributed by atoms with Crippen molar-refractivity contribution in [3.8, 4) is 0 Å². The van der Waals surface area contributed by atoms with Gasteiger partial charge in [0.15, 0.2) is 5.76 Å². The predicted molar refractivity (Wildman–Crippen MR) is 80.2 cm³/mol. The molecular weight excluding hydrogens is 384 g/mol. The van der Waals surface area contributed by atoms with E-state index >= 15 is 0 Å². The number of alkyl halides is 4. The van der Waals surface area contributed by atoms with Crippen LogP contribution in [0.1, 0.15) is 22.7 Å². The number of halogens is 5. The zero-order valence-electron chi connectivity index (χ0n) is 12.8. The predicted octanol–water partition coefficient (Wildman–Crippen LogP) is 2.60. The lowest BCUT2D eigenvalue weighted by Crippen LogP contribution is -2.51. The Labute approximate surface area is 148 Å². The quantitative estimate of drug-likeness (QED) is 0.790. The Morgan fingerprint density at radius 3 is 2.69 bits per heavy atom. The average Bonchev–Trinajstić information content (AvgIpc) is 3.27. The summed E-state index contributed by atoms with van der Waals surface area (Å²) in [6.45, 7) is 0.0880. The fourth-order valence-electron chi connectivity index (χ4n) is 2.37. The molecule has 3 rings (SSSR count). The molecule has 0 radical (unpaired) electrons. The zero-order valence-corrected chi connectivity index (χ0v) is 13.6. The van der Waals surface area contributed by atoms with E-state index in [1.54, 1.807) is 0 Å². The van der Waals surface area contributed by atoms with Gasteiger partial charge in [-0.05, 0) is 12.1 Å². The summed E-state index contributed by atoms with van der Waals surface area (Å²) in [5, 5.41) is 17.3. The first-order chi connectivity index (χ1) is 12.2. The molecular formula is C14H11ClF4N4O3. The van der Waals surface area contributed by atoms with Crippen LogP contribution in [0.25, 0.3) is 0 Å². The third-order valence-electron chi connectivity index (χ3n) is 3.62. The number of furan rings is 1. The molecule has 1 aliphatic rings. The fraction of sp³-hybridized carbons (Fsp3) is 0.357.